The maximum atomic E-state index is 5.92. The zero-order valence-corrected chi connectivity index (χ0v) is 10.5. The average Bonchev–Trinajstić information content (AvgIpc) is 2.14. The van der Waals surface area contributed by atoms with Gasteiger partial charge >= 0.3 is 0 Å². The van der Waals surface area contributed by atoms with E-state index >= 15 is 0 Å². The van der Waals surface area contributed by atoms with E-state index in [4.69, 9.17) is 11.6 Å². The van der Waals surface area contributed by atoms with Crippen LogP contribution < -0.4 is 0 Å². The molecule has 0 radical (unpaired) electrons. The van der Waals surface area contributed by atoms with Gasteiger partial charge in [-0.15, -0.1) is 0 Å². The van der Waals surface area contributed by atoms with Crippen molar-refractivity contribution in [3.05, 3.63) is 22.5 Å². The molecule has 1 heterocycles. The van der Waals surface area contributed by atoms with Crippen LogP contribution in [0.3, 0.4) is 0 Å². The summed E-state index contributed by atoms with van der Waals surface area (Å²) in [6.45, 7) is 8.08. The first kappa shape index (κ1) is 12.2. The molecule has 3 heteroatoms. The SMILES string of the molecule is CCCC(C)=Nc1cc(C)c(Cl)nc1C. The largest absolute Gasteiger partial charge is 0.256 e. The van der Waals surface area contributed by atoms with Crippen LogP contribution in [0.2, 0.25) is 5.15 Å². The molecule has 0 aliphatic heterocycles. The summed E-state index contributed by atoms with van der Waals surface area (Å²) < 4.78 is 0. The molecular formula is C12H17ClN2. The summed E-state index contributed by atoms with van der Waals surface area (Å²) in [7, 11) is 0. The van der Waals surface area contributed by atoms with Crippen LogP contribution in [-0.4, -0.2) is 10.7 Å². The van der Waals surface area contributed by atoms with Gasteiger partial charge in [0.15, 0.2) is 0 Å². The van der Waals surface area contributed by atoms with Crippen molar-refractivity contribution in [3.8, 4) is 0 Å². The molecule has 1 aromatic rings. The Bertz CT molecular complexity index is 383. The molecule has 0 aromatic carbocycles. The molecule has 0 fully saturated rings. The van der Waals surface area contributed by atoms with Crippen LogP contribution in [0.1, 0.15) is 37.9 Å². The molecule has 0 spiro atoms. The van der Waals surface area contributed by atoms with Crippen LogP contribution >= 0.6 is 11.6 Å². The number of pyridine rings is 1. The minimum absolute atomic E-state index is 0.569. The van der Waals surface area contributed by atoms with E-state index in [-0.39, 0.29) is 0 Å². The number of hydrogen-bond acceptors (Lipinski definition) is 2. The Labute approximate surface area is 96.4 Å². The number of aromatic nitrogens is 1. The molecule has 0 aliphatic rings. The lowest BCUT2D eigenvalue weighted by Gasteiger charge is -2.05. The maximum absolute atomic E-state index is 5.92. The lowest BCUT2D eigenvalue weighted by atomic mass is 10.2. The number of aliphatic imine (C=N–C) groups is 1. The van der Waals surface area contributed by atoms with E-state index in [1.807, 2.05) is 26.8 Å². The van der Waals surface area contributed by atoms with Crippen molar-refractivity contribution in [1.82, 2.24) is 4.98 Å². The lowest BCUT2D eigenvalue weighted by Crippen LogP contribution is -1.92. The Kier molecular flexibility index (Phi) is 4.28. The highest BCUT2D eigenvalue weighted by Gasteiger charge is 2.03. The molecule has 1 rings (SSSR count). The van der Waals surface area contributed by atoms with Gasteiger partial charge in [-0.1, -0.05) is 24.9 Å². The lowest BCUT2D eigenvalue weighted by molar-refractivity contribution is 0.986. The van der Waals surface area contributed by atoms with Gasteiger partial charge in [-0.25, -0.2) is 4.98 Å². The second kappa shape index (κ2) is 5.26. The van der Waals surface area contributed by atoms with Crippen molar-refractivity contribution in [2.75, 3.05) is 0 Å². The standard InChI is InChI=1S/C12H17ClN2/c1-5-6-9(3)14-11-7-8(2)12(13)15-10(11)4/h7H,5-6H2,1-4H3. The predicted octanol–water partition coefficient (Wildman–Crippen LogP) is 4.24. The fourth-order valence-electron chi connectivity index (χ4n) is 1.40. The van der Waals surface area contributed by atoms with Crippen LogP contribution in [0.25, 0.3) is 0 Å². The highest BCUT2D eigenvalue weighted by molar-refractivity contribution is 6.30. The van der Waals surface area contributed by atoms with Crippen LogP contribution in [-0.2, 0) is 0 Å². The Morgan fingerprint density at radius 1 is 1.47 bits per heavy atom. The third-order valence-electron chi connectivity index (χ3n) is 2.24. The van der Waals surface area contributed by atoms with Crippen molar-refractivity contribution in [3.63, 3.8) is 0 Å². The fourth-order valence-corrected chi connectivity index (χ4v) is 1.58. The van der Waals surface area contributed by atoms with E-state index in [0.29, 0.717) is 5.15 Å². The zero-order chi connectivity index (χ0) is 11.4. The van der Waals surface area contributed by atoms with Crippen LogP contribution in [0.4, 0.5) is 5.69 Å². The molecule has 0 saturated heterocycles. The number of halogens is 1. The Morgan fingerprint density at radius 2 is 2.13 bits per heavy atom. The van der Waals surface area contributed by atoms with Crippen LogP contribution in [0.15, 0.2) is 11.1 Å². The van der Waals surface area contributed by atoms with Crippen LogP contribution in [0.5, 0.6) is 0 Å². The molecule has 0 bridgehead atoms. The van der Waals surface area contributed by atoms with Gasteiger partial charge in [0.05, 0.1) is 11.4 Å². The summed E-state index contributed by atoms with van der Waals surface area (Å²) in [5.41, 5.74) is 3.94. The fraction of sp³-hybridized carbons (Fsp3) is 0.500. The summed E-state index contributed by atoms with van der Waals surface area (Å²) in [4.78, 5) is 8.79. The first-order valence-electron chi connectivity index (χ1n) is 5.22. The maximum Gasteiger partial charge on any atom is 0.132 e. The molecule has 15 heavy (non-hydrogen) atoms. The summed E-state index contributed by atoms with van der Waals surface area (Å²) in [5, 5.41) is 0.569. The van der Waals surface area contributed by atoms with E-state index in [1.54, 1.807) is 0 Å². The second-order valence-corrected chi connectivity index (χ2v) is 4.16. The van der Waals surface area contributed by atoms with Crippen LogP contribution in [0, 0.1) is 13.8 Å². The number of rotatable bonds is 3. The highest BCUT2D eigenvalue weighted by Crippen LogP contribution is 2.23. The van der Waals surface area contributed by atoms with E-state index in [0.717, 1.165) is 35.5 Å². The van der Waals surface area contributed by atoms with Gasteiger partial charge in [0.25, 0.3) is 0 Å². The summed E-state index contributed by atoms with van der Waals surface area (Å²) >= 11 is 5.92. The van der Waals surface area contributed by atoms with E-state index in [9.17, 15) is 0 Å². The highest BCUT2D eigenvalue weighted by atomic mass is 35.5. The number of nitrogens with zero attached hydrogens (tertiary/aromatic N) is 2. The Hall–Kier alpha value is -0.890. The molecule has 0 aliphatic carbocycles. The molecule has 0 amide bonds. The van der Waals surface area contributed by atoms with Gasteiger partial charge in [-0.2, -0.15) is 0 Å². The minimum atomic E-state index is 0.569. The van der Waals surface area contributed by atoms with Crippen molar-refractivity contribution in [2.24, 2.45) is 4.99 Å². The number of hydrogen-bond donors (Lipinski definition) is 0. The smallest absolute Gasteiger partial charge is 0.132 e. The molecule has 82 valence electrons. The van der Waals surface area contributed by atoms with Gasteiger partial charge in [0.1, 0.15) is 5.15 Å². The first-order chi connectivity index (χ1) is 7.04. The molecule has 0 atom stereocenters. The average molecular weight is 225 g/mol. The quantitative estimate of drug-likeness (QED) is 0.557. The van der Waals surface area contributed by atoms with Gasteiger partial charge in [0.2, 0.25) is 0 Å². The zero-order valence-electron chi connectivity index (χ0n) is 9.76. The third kappa shape index (κ3) is 3.31. The normalized spacial score (nSPS) is 11.9. The predicted molar refractivity (Wildman–Crippen MR) is 66.4 cm³/mol. The third-order valence-corrected chi connectivity index (χ3v) is 2.62. The number of aryl methyl sites for hydroxylation is 2. The van der Waals surface area contributed by atoms with Crippen molar-refractivity contribution in [1.29, 1.82) is 0 Å². The Morgan fingerprint density at radius 3 is 2.73 bits per heavy atom. The summed E-state index contributed by atoms with van der Waals surface area (Å²) in [5.74, 6) is 0. The molecule has 0 unspecified atom stereocenters. The Balaban J connectivity index is 3.05. The van der Waals surface area contributed by atoms with Crippen molar-refractivity contribution in [2.45, 2.75) is 40.5 Å². The van der Waals surface area contributed by atoms with Gasteiger partial charge < -0.3 is 0 Å². The molecule has 0 saturated carbocycles. The molecule has 0 N–H and O–H groups in total. The van der Waals surface area contributed by atoms with Gasteiger partial charge in [-0.3, -0.25) is 4.99 Å². The topological polar surface area (TPSA) is 25.2 Å². The first-order valence-corrected chi connectivity index (χ1v) is 5.60. The van der Waals surface area contributed by atoms with Gasteiger partial charge in [0, 0.05) is 5.71 Å². The van der Waals surface area contributed by atoms with Gasteiger partial charge in [-0.05, 0) is 38.8 Å². The van der Waals surface area contributed by atoms with Crippen molar-refractivity contribution >= 4 is 23.0 Å². The van der Waals surface area contributed by atoms with E-state index < -0.39 is 0 Å². The van der Waals surface area contributed by atoms with Crippen molar-refractivity contribution < 1.29 is 0 Å². The van der Waals surface area contributed by atoms with E-state index in [1.165, 1.54) is 0 Å². The molecule has 2 nitrogen and oxygen atoms in total. The van der Waals surface area contributed by atoms with E-state index in [2.05, 4.69) is 16.9 Å². The second-order valence-electron chi connectivity index (χ2n) is 3.80. The summed E-state index contributed by atoms with van der Waals surface area (Å²) in [6.07, 6.45) is 2.15. The molecular weight excluding hydrogens is 208 g/mol. The minimum Gasteiger partial charge on any atom is -0.256 e. The summed E-state index contributed by atoms with van der Waals surface area (Å²) in [6, 6.07) is 1.99. The monoisotopic (exact) mass is 224 g/mol. The molecule has 1 aromatic heterocycles.